The number of ether oxygens (including phenoxy) is 2. The van der Waals surface area contributed by atoms with E-state index >= 15 is 0 Å². The molecule has 1 N–H and O–H groups in total. The van der Waals surface area contributed by atoms with Gasteiger partial charge in [-0.2, -0.15) is 0 Å². The lowest BCUT2D eigenvalue weighted by atomic mass is 10.0. The van der Waals surface area contributed by atoms with E-state index in [1.54, 1.807) is 6.92 Å². The molecule has 0 bridgehead atoms. The van der Waals surface area contributed by atoms with Crippen molar-refractivity contribution in [2.45, 2.75) is 245 Å². The molecule has 0 aliphatic heterocycles. The minimum atomic E-state index is -4.28. The highest BCUT2D eigenvalue weighted by Crippen LogP contribution is 2.43. The molecule has 8 nitrogen and oxygen atoms in total. The lowest BCUT2D eigenvalue weighted by molar-refractivity contribution is -0.161. The van der Waals surface area contributed by atoms with Crippen molar-refractivity contribution < 1.29 is 37.6 Å². The summed E-state index contributed by atoms with van der Waals surface area (Å²) in [6, 6.07) is 0. The Balaban J connectivity index is 3.98. The first-order chi connectivity index (χ1) is 26.3. The van der Waals surface area contributed by atoms with Crippen LogP contribution in [0.1, 0.15) is 239 Å². The zero-order valence-corrected chi connectivity index (χ0v) is 36.5. The van der Waals surface area contributed by atoms with Crippen LogP contribution in [0.25, 0.3) is 0 Å². The van der Waals surface area contributed by atoms with Crippen molar-refractivity contribution in [2.24, 2.45) is 0 Å². The summed E-state index contributed by atoms with van der Waals surface area (Å²) < 4.78 is 32.7. The second kappa shape index (κ2) is 41.4. The minimum absolute atomic E-state index is 0.00209. The molecule has 0 aromatic rings. The number of hydrogen-bond donors (Lipinski definition) is 1. The van der Waals surface area contributed by atoms with Crippen LogP contribution in [-0.4, -0.2) is 42.8 Å². The number of esters is 2. The third kappa shape index (κ3) is 40.5. The first-order valence-corrected chi connectivity index (χ1v) is 24.5. The smallest absolute Gasteiger partial charge is 0.462 e. The van der Waals surface area contributed by atoms with Gasteiger partial charge < -0.3 is 14.4 Å². The first kappa shape index (κ1) is 52.8. The summed E-state index contributed by atoms with van der Waals surface area (Å²) in [5.41, 5.74) is 0. The van der Waals surface area contributed by atoms with E-state index in [1.165, 1.54) is 148 Å². The summed E-state index contributed by atoms with van der Waals surface area (Å²) in [6.07, 6.45) is 44.1. The molecule has 2 unspecified atom stereocenters. The molecule has 0 aliphatic rings. The molecular weight excluding hydrogens is 699 g/mol. The van der Waals surface area contributed by atoms with E-state index in [9.17, 15) is 19.0 Å². The molecule has 0 aromatic heterocycles. The van der Waals surface area contributed by atoms with Gasteiger partial charge in [0.1, 0.15) is 6.61 Å². The fourth-order valence-electron chi connectivity index (χ4n) is 6.68. The van der Waals surface area contributed by atoms with Gasteiger partial charge in [-0.3, -0.25) is 18.6 Å². The largest absolute Gasteiger partial charge is 0.472 e. The Morgan fingerprint density at radius 3 is 1.22 bits per heavy atom. The Hall–Kier alpha value is -1.21. The van der Waals surface area contributed by atoms with Crippen LogP contribution in [0.4, 0.5) is 0 Å². The van der Waals surface area contributed by atoms with Crippen molar-refractivity contribution in [3.63, 3.8) is 0 Å². The van der Waals surface area contributed by atoms with Crippen molar-refractivity contribution in [1.29, 1.82) is 0 Å². The number of hydrogen-bond acceptors (Lipinski definition) is 7. The second-order valence-electron chi connectivity index (χ2n) is 15.4. The van der Waals surface area contributed by atoms with Gasteiger partial charge >= 0.3 is 19.8 Å². The Bertz CT molecular complexity index is 895. The lowest BCUT2D eigenvalue weighted by Crippen LogP contribution is -2.29. The van der Waals surface area contributed by atoms with E-state index in [1.807, 2.05) is 0 Å². The third-order valence-corrected chi connectivity index (χ3v) is 11.1. The van der Waals surface area contributed by atoms with Gasteiger partial charge in [0.2, 0.25) is 0 Å². The summed E-state index contributed by atoms with van der Waals surface area (Å²) in [4.78, 5) is 34.8. The first-order valence-electron chi connectivity index (χ1n) is 23.0. The zero-order chi connectivity index (χ0) is 39.6. The van der Waals surface area contributed by atoms with Gasteiger partial charge in [0.05, 0.1) is 13.2 Å². The minimum Gasteiger partial charge on any atom is -0.462 e. The predicted octanol–water partition coefficient (Wildman–Crippen LogP) is 14.5. The number of rotatable bonds is 43. The molecule has 0 spiro atoms. The molecule has 0 heterocycles. The molecule has 0 rings (SSSR count). The van der Waals surface area contributed by atoms with E-state index in [0.29, 0.717) is 12.8 Å². The Labute approximate surface area is 333 Å². The fraction of sp³-hybridized carbons (Fsp3) is 0.911. The van der Waals surface area contributed by atoms with Crippen LogP contribution in [-0.2, 0) is 32.7 Å². The molecule has 0 saturated carbocycles. The summed E-state index contributed by atoms with van der Waals surface area (Å²) in [5, 5.41) is 0. The Morgan fingerprint density at radius 2 is 0.833 bits per heavy atom. The maximum absolute atomic E-state index is 12.5. The normalized spacial score (nSPS) is 13.3. The molecule has 0 aliphatic carbocycles. The molecule has 0 fully saturated rings. The average molecular weight is 787 g/mol. The Kier molecular flexibility index (Phi) is 40.5. The third-order valence-electron chi connectivity index (χ3n) is 10.1. The van der Waals surface area contributed by atoms with Crippen LogP contribution < -0.4 is 0 Å². The van der Waals surface area contributed by atoms with Crippen molar-refractivity contribution in [2.75, 3.05) is 19.8 Å². The van der Waals surface area contributed by atoms with Gasteiger partial charge in [-0.25, -0.2) is 4.57 Å². The maximum Gasteiger partial charge on any atom is 0.472 e. The van der Waals surface area contributed by atoms with E-state index in [0.717, 1.165) is 51.4 Å². The quantitative estimate of drug-likeness (QED) is 0.0282. The molecule has 0 aromatic carbocycles. The van der Waals surface area contributed by atoms with E-state index in [4.69, 9.17) is 18.5 Å². The van der Waals surface area contributed by atoms with Crippen LogP contribution in [0.5, 0.6) is 0 Å². The second-order valence-corrected chi connectivity index (χ2v) is 16.9. The van der Waals surface area contributed by atoms with Crippen molar-refractivity contribution >= 4 is 19.8 Å². The van der Waals surface area contributed by atoms with Gasteiger partial charge in [0.15, 0.2) is 6.10 Å². The number of carbonyl (C=O) groups is 2. The summed E-state index contributed by atoms with van der Waals surface area (Å²) in [5.74, 6) is -0.794. The van der Waals surface area contributed by atoms with Crippen molar-refractivity contribution in [3.05, 3.63) is 12.2 Å². The highest BCUT2D eigenvalue weighted by Gasteiger charge is 2.25. The monoisotopic (exact) mass is 787 g/mol. The van der Waals surface area contributed by atoms with Crippen molar-refractivity contribution in [1.82, 2.24) is 0 Å². The van der Waals surface area contributed by atoms with Crippen LogP contribution in [0.3, 0.4) is 0 Å². The molecule has 2 atom stereocenters. The number of allylic oxidation sites excluding steroid dienone is 2. The Morgan fingerprint density at radius 1 is 0.481 bits per heavy atom. The van der Waals surface area contributed by atoms with Crippen LogP contribution in [0.15, 0.2) is 12.2 Å². The predicted molar refractivity (Wildman–Crippen MR) is 226 cm³/mol. The highest BCUT2D eigenvalue weighted by atomic mass is 31.2. The number of carbonyl (C=O) groups excluding carboxylic acids is 2. The van der Waals surface area contributed by atoms with Gasteiger partial charge in [0.25, 0.3) is 0 Å². The van der Waals surface area contributed by atoms with Crippen LogP contribution in [0, 0.1) is 0 Å². The number of phosphoric acid groups is 1. The summed E-state index contributed by atoms with van der Waals surface area (Å²) in [6.45, 7) is 5.49. The van der Waals surface area contributed by atoms with Crippen molar-refractivity contribution in [3.8, 4) is 0 Å². The number of phosphoric ester groups is 1. The molecule has 0 amide bonds. The van der Waals surface area contributed by atoms with Crippen LogP contribution in [0.2, 0.25) is 0 Å². The zero-order valence-electron chi connectivity index (χ0n) is 35.6. The van der Waals surface area contributed by atoms with E-state index in [2.05, 4.69) is 26.0 Å². The van der Waals surface area contributed by atoms with Gasteiger partial charge in [-0.05, 0) is 45.4 Å². The summed E-state index contributed by atoms with van der Waals surface area (Å²) in [7, 11) is -4.28. The molecule has 0 radical (unpaired) electrons. The van der Waals surface area contributed by atoms with Gasteiger partial charge in [-0.15, -0.1) is 0 Å². The standard InChI is InChI=1S/C45H87O8P/c1-4-7-9-11-13-15-17-19-21-22-23-24-25-26-28-29-31-33-35-37-39-44(46)50-41-43(42-52-54(48,49)51-6-3)53-45(47)40-38-36-34-32-30-27-20-18-16-14-12-10-8-5-2/h18,20,43H,4-17,19,21-42H2,1-3H3,(H,48,49)/b20-18-. The van der Waals surface area contributed by atoms with E-state index in [-0.39, 0.29) is 25.6 Å². The SMILES string of the molecule is CCCCCCC/C=C\CCCCCCCC(=O)OC(COC(=O)CCCCCCCCCCCCCCCCCCCCCC)COP(=O)(O)OCC. The maximum atomic E-state index is 12.5. The highest BCUT2D eigenvalue weighted by molar-refractivity contribution is 7.47. The lowest BCUT2D eigenvalue weighted by Gasteiger charge is -2.19. The number of unbranched alkanes of at least 4 members (excludes halogenated alkanes) is 29. The fourth-order valence-corrected chi connectivity index (χ4v) is 7.44. The van der Waals surface area contributed by atoms with E-state index < -0.39 is 26.5 Å². The van der Waals surface area contributed by atoms with Gasteiger partial charge in [0, 0.05) is 12.8 Å². The van der Waals surface area contributed by atoms with Crippen LogP contribution >= 0.6 is 7.82 Å². The molecule has 0 saturated heterocycles. The molecule has 9 heteroatoms. The molecular formula is C45H87O8P. The molecule has 320 valence electrons. The molecule has 54 heavy (non-hydrogen) atoms. The topological polar surface area (TPSA) is 108 Å². The van der Waals surface area contributed by atoms with Gasteiger partial charge in [-0.1, -0.05) is 193 Å². The summed E-state index contributed by atoms with van der Waals surface area (Å²) >= 11 is 0. The average Bonchev–Trinajstić information content (AvgIpc) is 3.15.